The number of nitrogens with one attached hydrogen (secondary N) is 12. The van der Waals surface area contributed by atoms with Crippen LogP contribution in [0.25, 0.3) is 0 Å². The van der Waals surface area contributed by atoms with E-state index in [1.54, 1.807) is 12.1 Å². The van der Waals surface area contributed by atoms with Crippen LogP contribution in [0.2, 0.25) is 0 Å². The molecule has 0 unspecified atom stereocenters. The fourth-order valence-electron chi connectivity index (χ4n) is 10.9. The molecule has 1 aromatic carbocycles. The van der Waals surface area contributed by atoms with E-state index in [1.807, 2.05) is 0 Å². The number of rotatable bonds is 59. The first-order valence-corrected chi connectivity index (χ1v) is 37.3. The van der Waals surface area contributed by atoms with Gasteiger partial charge in [0, 0.05) is 66.1 Å². The van der Waals surface area contributed by atoms with Crippen LogP contribution in [0.15, 0.2) is 54.2 Å². The highest BCUT2D eigenvalue weighted by atomic mass is 16.3. The van der Waals surface area contributed by atoms with Crippen LogP contribution in [-0.2, 0) is 68.7 Å². The molecular formula is C67H123N33O14. The number of unbranched alkanes of at least 4 members (excludes halogenated alkanes) is 2. The average molecular weight is 1610 g/mol. The zero-order chi connectivity index (χ0) is 85.7. The van der Waals surface area contributed by atoms with Gasteiger partial charge in [-0.15, -0.1) is 0 Å². The lowest BCUT2D eigenvalue weighted by molar-refractivity contribution is -0.136. The molecule has 1 aromatic rings. The number of hydrogen-bond donors (Lipinski definition) is 28. The van der Waals surface area contributed by atoms with Crippen LogP contribution < -0.4 is 150 Å². The topological polar surface area (TPSA) is 851 Å². The van der Waals surface area contributed by atoms with Crippen LogP contribution in [0.5, 0.6) is 5.75 Å². The lowest BCUT2D eigenvalue weighted by Crippen LogP contribution is -2.60. The number of guanidine groups is 6. The van der Waals surface area contributed by atoms with Gasteiger partial charge in [-0.2, -0.15) is 0 Å². The molecule has 0 heterocycles. The molecule has 10 atom stereocenters. The van der Waals surface area contributed by atoms with Gasteiger partial charge in [0.2, 0.25) is 76.8 Å². The molecule has 0 radical (unpaired) electrons. The molecule has 0 fully saturated rings. The Kier molecular flexibility index (Phi) is 49.7. The van der Waals surface area contributed by atoms with Crippen LogP contribution in [-0.4, -0.2) is 244 Å². The van der Waals surface area contributed by atoms with E-state index >= 15 is 0 Å². The SMILES string of the molecule is CN=C(N)NCCC[C@H](NC(=O)[C@H](CCCN=C(N)N)NC(=O)[C@H](CCCCN)NC(=O)[C@H](CCCCN)NC(=O)[C@H](CCCN=C(N)N)NC(=O)CNC(=O)[C@H](Cc1ccc(O)cc1)NC(C)=O)C(=O)N[C@@H](CCC(N)=O)C(=O)N[C@@H](CCCN=C(N)N)C(=O)N[C@@H](CCCN=C(N)N)C(=O)N[C@@H](CCCN=C(N)N)C(N)=O. The third-order valence-electron chi connectivity index (χ3n) is 16.8. The molecule has 114 heavy (non-hydrogen) atoms. The second-order valence-corrected chi connectivity index (χ2v) is 26.3. The Hall–Kier alpha value is -12.3. The quantitative estimate of drug-likeness (QED) is 0.0164. The van der Waals surface area contributed by atoms with Gasteiger partial charge >= 0.3 is 0 Å². The van der Waals surface area contributed by atoms with E-state index in [2.05, 4.69) is 93.8 Å². The number of aromatic hydroxyl groups is 1. The third kappa shape index (κ3) is 45.7. The minimum atomic E-state index is -1.72. The predicted octanol–water partition coefficient (Wildman–Crippen LogP) is -11.5. The summed E-state index contributed by atoms with van der Waals surface area (Å²) in [5.41, 5.74) is 84.8. The first kappa shape index (κ1) is 99.7. The molecular weight excluding hydrogens is 1490 g/mol. The molecule has 0 spiro atoms. The molecule has 0 aliphatic carbocycles. The number of phenols is 1. The molecule has 0 aliphatic heterocycles. The summed E-state index contributed by atoms with van der Waals surface area (Å²) in [5, 5.41) is 41.1. The van der Waals surface area contributed by atoms with E-state index in [-0.39, 0.29) is 203 Å². The minimum absolute atomic E-state index is 0.000417. The first-order chi connectivity index (χ1) is 54.0. The van der Waals surface area contributed by atoms with Gasteiger partial charge in [-0.25, -0.2) is 0 Å². The summed E-state index contributed by atoms with van der Waals surface area (Å²) in [5.74, 6) is -13.1. The van der Waals surface area contributed by atoms with Gasteiger partial charge in [-0.1, -0.05) is 12.1 Å². The number of primary amides is 2. The molecule has 0 aromatic heterocycles. The van der Waals surface area contributed by atoms with Gasteiger partial charge in [-0.05, 0) is 153 Å². The van der Waals surface area contributed by atoms with Crippen molar-refractivity contribution < 1.29 is 67.4 Å². The van der Waals surface area contributed by atoms with E-state index in [0.717, 1.165) is 0 Å². The van der Waals surface area contributed by atoms with Crippen molar-refractivity contribution in [3.05, 3.63) is 29.8 Å². The molecule has 640 valence electrons. The number of hydrogen-bond acceptors (Lipinski definition) is 22. The Morgan fingerprint density at radius 1 is 0.351 bits per heavy atom. The number of aliphatic imine (C=N–C) groups is 6. The number of carbonyl (C=O) groups is 13. The Morgan fingerprint density at radius 3 is 0.947 bits per heavy atom. The van der Waals surface area contributed by atoms with E-state index in [0.29, 0.717) is 18.4 Å². The van der Waals surface area contributed by atoms with E-state index < -0.39 is 157 Å². The van der Waals surface area contributed by atoms with Crippen LogP contribution in [0, 0.1) is 0 Å². The Morgan fingerprint density at radius 2 is 0.649 bits per heavy atom. The molecule has 43 N–H and O–H groups in total. The normalized spacial score (nSPS) is 13.6. The molecule has 1 rings (SSSR count). The van der Waals surface area contributed by atoms with Crippen molar-refractivity contribution in [2.24, 2.45) is 116 Å². The average Bonchev–Trinajstić information content (AvgIpc) is 0.854. The minimum Gasteiger partial charge on any atom is -0.508 e. The van der Waals surface area contributed by atoms with Gasteiger partial charge in [0.25, 0.3) is 0 Å². The smallest absolute Gasteiger partial charge is 0.243 e. The van der Waals surface area contributed by atoms with E-state index in [9.17, 15) is 67.4 Å². The van der Waals surface area contributed by atoms with Gasteiger partial charge < -0.3 is 155 Å². The van der Waals surface area contributed by atoms with Crippen molar-refractivity contribution in [1.29, 1.82) is 0 Å². The highest BCUT2D eigenvalue weighted by Gasteiger charge is 2.36. The summed E-state index contributed by atoms with van der Waals surface area (Å²) in [7, 11) is 1.41. The fraction of sp³-hybridized carbons (Fsp3) is 0.627. The zero-order valence-corrected chi connectivity index (χ0v) is 64.9. The maximum Gasteiger partial charge on any atom is 0.243 e. The first-order valence-electron chi connectivity index (χ1n) is 37.3. The summed E-state index contributed by atoms with van der Waals surface area (Å²) in [6.45, 7) is 0.788. The van der Waals surface area contributed by atoms with Crippen LogP contribution >= 0.6 is 0 Å². The van der Waals surface area contributed by atoms with Crippen molar-refractivity contribution in [2.45, 2.75) is 202 Å². The summed E-state index contributed by atoms with van der Waals surface area (Å²) in [6.07, 6.45) is -0.549. The number of benzene rings is 1. The fourth-order valence-corrected chi connectivity index (χ4v) is 10.9. The lowest BCUT2D eigenvalue weighted by Gasteiger charge is -2.28. The monoisotopic (exact) mass is 1610 g/mol. The molecule has 0 bridgehead atoms. The Labute approximate surface area is 661 Å². The van der Waals surface area contributed by atoms with Crippen LogP contribution in [0.3, 0.4) is 0 Å². The molecule has 47 nitrogen and oxygen atoms in total. The zero-order valence-electron chi connectivity index (χ0n) is 64.9. The van der Waals surface area contributed by atoms with Crippen molar-refractivity contribution in [1.82, 2.24) is 63.8 Å². The largest absolute Gasteiger partial charge is 0.508 e. The van der Waals surface area contributed by atoms with E-state index in [1.165, 1.54) is 26.1 Å². The Bertz CT molecular complexity index is 3430. The van der Waals surface area contributed by atoms with Crippen LogP contribution in [0.1, 0.15) is 141 Å². The van der Waals surface area contributed by atoms with E-state index in [4.69, 9.17) is 86.0 Å². The van der Waals surface area contributed by atoms with Gasteiger partial charge in [-0.3, -0.25) is 92.3 Å². The number of nitrogens with zero attached hydrogens (tertiary/aromatic N) is 6. The van der Waals surface area contributed by atoms with Crippen molar-refractivity contribution in [3.8, 4) is 5.75 Å². The second-order valence-electron chi connectivity index (χ2n) is 26.3. The number of phenolic OH excluding ortho intramolecular Hbond substituents is 1. The van der Waals surface area contributed by atoms with Crippen molar-refractivity contribution >= 4 is 113 Å². The molecule has 47 heteroatoms. The summed E-state index contributed by atoms with van der Waals surface area (Å²) in [4.78, 5) is 205. The number of carbonyl (C=O) groups excluding carboxylic acids is 13. The Balaban J connectivity index is 3.95. The highest BCUT2D eigenvalue weighted by Crippen LogP contribution is 2.15. The number of amides is 13. The van der Waals surface area contributed by atoms with Gasteiger partial charge in [0.1, 0.15) is 66.2 Å². The molecule has 0 saturated carbocycles. The van der Waals surface area contributed by atoms with Crippen molar-refractivity contribution in [3.63, 3.8) is 0 Å². The summed E-state index contributed by atoms with van der Waals surface area (Å²) < 4.78 is 0. The third-order valence-corrected chi connectivity index (χ3v) is 16.8. The second kappa shape index (κ2) is 56.8. The van der Waals surface area contributed by atoms with Crippen LogP contribution in [0.4, 0.5) is 0 Å². The standard InChI is InChI=1S/C67H123N33O14/c1-37(101)91-49(35-38-21-23-39(102)24-22-38)53(106)90-36-51(104)92-41(16-8-30-85-63(74)75)54(107)94-42(13-3-5-27-68)56(109)95-43(14-4-6-28-69)57(110)97-45(18-10-32-87-65(78)79)58(111)98-47(20-12-34-89-67(82)83-2)60(113)100-48(25-26-50(70)103)61(114)99-46(19-11-33-88-66(80)81)59(112)96-44(17-9-31-86-64(76)77)55(108)93-40(52(71)105)15-7-29-84-62(72)73/h21-24,40-49,102H,3-20,25-36,68-69H2,1-2H3,(H2,70,103)(H2,71,105)(H,90,106)(H,91,101)(H,92,104)(H,93,108)(H,94,107)(H,95,109)(H,96,112)(H,97,110)(H,98,111)(H,99,114)(H,100,113)(H4,72,73,84)(H4,74,75,85)(H4,76,77,86)(H4,78,79,87)(H4,80,81,88)(H3,82,83,89)/t40-,41-,42-,43-,44-,45-,46-,47-,48-,49-/m0/s1. The molecule has 0 saturated heterocycles. The highest BCUT2D eigenvalue weighted by molar-refractivity contribution is 5.99. The number of nitrogens with two attached hydrogens (primary N) is 15. The van der Waals surface area contributed by atoms with Crippen molar-refractivity contribution in [2.75, 3.05) is 66.0 Å². The summed E-state index contributed by atoms with van der Waals surface area (Å²) in [6, 6.07) is -8.75. The van der Waals surface area contributed by atoms with Gasteiger partial charge in [0.15, 0.2) is 35.8 Å². The maximum absolute atomic E-state index is 14.9. The summed E-state index contributed by atoms with van der Waals surface area (Å²) >= 11 is 0. The van der Waals surface area contributed by atoms with Gasteiger partial charge in [0.05, 0.1) is 6.54 Å². The molecule has 0 aliphatic rings. The maximum atomic E-state index is 14.9. The molecule has 13 amide bonds. The lowest BCUT2D eigenvalue weighted by atomic mass is 10.0. The predicted molar refractivity (Wildman–Crippen MR) is 428 cm³/mol.